The Morgan fingerprint density at radius 2 is 2.21 bits per heavy atom. The van der Waals surface area contributed by atoms with Crippen molar-refractivity contribution in [2.45, 2.75) is 12.8 Å². The molecule has 0 aliphatic heterocycles. The molecule has 0 aromatic heterocycles. The van der Waals surface area contributed by atoms with Crippen LogP contribution in [-0.4, -0.2) is 36.9 Å². The van der Waals surface area contributed by atoms with E-state index in [4.69, 9.17) is 5.73 Å². The number of nitrogens with two attached hydrogens (primary N) is 1. The quantitative estimate of drug-likeness (QED) is 0.701. The van der Waals surface area contributed by atoms with Gasteiger partial charge in [-0.3, -0.25) is 4.79 Å². The highest BCUT2D eigenvalue weighted by Gasteiger charge is 2.27. The molecule has 0 aliphatic rings. The minimum absolute atomic E-state index is 0.251. The minimum Gasteiger partial charge on any atom is -0.350 e. The van der Waals surface area contributed by atoms with Gasteiger partial charge in [0.25, 0.3) is 5.92 Å². The zero-order valence-electron chi connectivity index (χ0n) is 8.35. The van der Waals surface area contributed by atoms with Crippen molar-refractivity contribution in [2.75, 3.05) is 25.1 Å². The summed E-state index contributed by atoms with van der Waals surface area (Å²) in [5.41, 5.74) is 4.82. The average Bonchev–Trinajstić information content (AvgIpc) is 2.15. The van der Waals surface area contributed by atoms with Crippen LogP contribution in [0, 0.1) is 5.92 Å². The molecule has 84 valence electrons. The van der Waals surface area contributed by atoms with Gasteiger partial charge in [0.2, 0.25) is 5.91 Å². The van der Waals surface area contributed by atoms with Crippen LogP contribution in [0.4, 0.5) is 8.78 Å². The number of alkyl halides is 2. The number of hydrogen-bond acceptors (Lipinski definition) is 3. The van der Waals surface area contributed by atoms with E-state index in [1.807, 2.05) is 6.26 Å². The lowest BCUT2D eigenvalue weighted by Gasteiger charge is -2.16. The fraction of sp³-hybridized carbons (Fsp3) is 0.875. The van der Waals surface area contributed by atoms with Crippen LogP contribution < -0.4 is 11.1 Å². The van der Waals surface area contributed by atoms with Gasteiger partial charge in [0.1, 0.15) is 0 Å². The SMILES string of the molecule is CSCC(C)C(=O)NCC(F)(F)CN. The number of nitrogens with one attached hydrogen (secondary N) is 1. The highest BCUT2D eigenvalue weighted by Crippen LogP contribution is 2.10. The number of carbonyl (C=O) groups is 1. The second-order valence-electron chi connectivity index (χ2n) is 3.13. The van der Waals surface area contributed by atoms with Crippen LogP contribution >= 0.6 is 11.8 Å². The van der Waals surface area contributed by atoms with Gasteiger partial charge in [-0.05, 0) is 6.26 Å². The Kier molecular flexibility index (Phi) is 6.03. The lowest BCUT2D eigenvalue weighted by Crippen LogP contribution is -2.43. The van der Waals surface area contributed by atoms with Crippen LogP contribution in [0.1, 0.15) is 6.92 Å². The zero-order chi connectivity index (χ0) is 11.2. The molecule has 0 fully saturated rings. The Balaban J connectivity index is 3.84. The Hall–Kier alpha value is -0.360. The van der Waals surface area contributed by atoms with Crippen molar-refractivity contribution in [3.05, 3.63) is 0 Å². The third kappa shape index (κ3) is 5.39. The van der Waals surface area contributed by atoms with Crippen molar-refractivity contribution in [3.63, 3.8) is 0 Å². The molecule has 0 radical (unpaired) electrons. The first-order valence-corrected chi connectivity index (χ1v) is 5.67. The molecule has 3 N–H and O–H groups in total. The van der Waals surface area contributed by atoms with Crippen LogP contribution in [0.15, 0.2) is 0 Å². The van der Waals surface area contributed by atoms with Crippen molar-refractivity contribution in [1.82, 2.24) is 5.32 Å². The van der Waals surface area contributed by atoms with Gasteiger partial charge in [-0.25, -0.2) is 8.78 Å². The molecule has 1 unspecified atom stereocenters. The van der Waals surface area contributed by atoms with Gasteiger partial charge in [-0.1, -0.05) is 6.92 Å². The molecule has 0 saturated heterocycles. The third-order valence-corrected chi connectivity index (χ3v) is 2.52. The standard InChI is InChI=1S/C8H16F2N2OS/c1-6(3-14-2)7(13)12-5-8(9,10)4-11/h6H,3-5,11H2,1-2H3,(H,12,13). The molecule has 6 heteroatoms. The van der Waals surface area contributed by atoms with E-state index in [1.165, 1.54) is 11.8 Å². The first-order chi connectivity index (χ1) is 6.43. The third-order valence-electron chi connectivity index (χ3n) is 1.68. The number of carbonyl (C=O) groups excluding carboxylic acids is 1. The first kappa shape index (κ1) is 13.6. The maximum atomic E-state index is 12.6. The molecule has 0 spiro atoms. The normalized spacial score (nSPS) is 13.8. The molecule has 0 heterocycles. The lowest BCUT2D eigenvalue weighted by molar-refractivity contribution is -0.125. The topological polar surface area (TPSA) is 55.1 Å². The molecule has 0 aliphatic carbocycles. The van der Waals surface area contributed by atoms with Crippen molar-refractivity contribution in [3.8, 4) is 0 Å². The maximum Gasteiger partial charge on any atom is 0.277 e. The van der Waals surface area contributed by atoms with E-state index in [1.54, 1.807) is 6.92 Å². The second-order valence-corrected chi connectivity index (χ2v) is 4.04. The summed E-state index contributed by atoms with van der Waals surface area (Å²) in [5.74, 6) is -2.99. The van der Waals surface area contributed by atoms with Gasteiger partial charge in [0.05, 0.1) is 13.1 Å². The molecule has 1 amide bonds. The van der Waals surface area contributed by atoms with Gasteiger partial charge in [0, 0.05) is 11.7 Å². The summed E-state index contributed by atoms with van der Waals surface area (Å²) in [7, 11) is 0. The predicted molar refractivity (Wildman–Crippen MR) is 54.6 cm³/mol. The molecular weight excluding hydrogens is 210 g/mol. The van der Waals surface area contributed by atoms with E-state index >= 15 is 0 Å². The van der Waals surface area contributed by atoms with Crippen LogP contribution in [0.2, 0.25) is 0 Å². The monoisotopic (exact) mass is 226 g/mol. The average molecular weight is 226 g/mol. The molecule has 3 nitrogen and oxygen atoms in total. The van der Waals surface area contributed by atoms with Gasteiger partial charge >= 0.3 is 0 Å². The lowest BCUT2D eigenvalue weighted by atomic mass is 10.2. The fourth-order valence-corrected chi connectivity index (χ4v) is 1.44. The van der Waals surface area contributed by atoms with Crippen molar-refractivity contribution in [1.29, 1.82) is 0 Å². The Labute approximate surface area is 86.8 Å². The zero-order valence-corrected chi connectivity index (χ0v) is 9.16. The number of thioether (sulfide) groups is 1. The molecule has 0 saturated carbocycles. The van der Waals surface area contributed by atoms with Gasteiger partial charge < -0.3 is 11.1 Å². The molecule has 1 atom stereocenters. The molecule has 0 bridgehead atoms. The van der Waals surface area contributed by atoms with Crippen LogP contribution in [0.3, 0.4) is 0 Å². The predicted octanol–water partition coefficient (Wildman–Crippen LogP) is 0.696. The summed E-state index contributed by atoms with van der Waals surface area (Å²) < 4.78 is 25.2. The highest BCUT2D eigenvalue weighted by atomic mass is 32.2. The smallest absolute Gasteiger partial charge is 0.277 e. The van der Waals surface area contributed by atoms with Crippen molar-refractivity contribution >= 4 is 17.7 Å². The van der Waals surface area contributed by atoms with Crippen LogP contribution in [0.25, 0.3) is 0 Å². The van der Waals surface area contributed by atoms with E-state index in [0.717, 1.165) is 0 Å². The number of amides is 1. The van der Waals surface area contributed by atoms with Crippen LogP contribution in [-0.2, 0) is 4.79 Å². The van der Waals surface area contributed by atoms with E-state index < -0.39 is 19.0 Å². The van der Waals surface area contributed by atoms with Gasteiger partial charge in [-0.2, -0.15) is 11.8 Å². The number of rotatable bonds is 6. The largest absolute Gasteiger partial charge is 0.350 e. The summed E-state index contributed by atoms with van der Waals surface area (Å²) in [6, 6.07) is 0. The van der Waals surface area contributed by atoms with Crippen molar-refractivity contribution < 1.29 is 13.6 Å². The fourth-order valence-electron chi connectivity index (χ4n) is 0.789. The Morgan fingerprint density at radius 1 is 1.64 bits per heavy atom. The molecular formula is C8H16F2N2OS. The summed E-state index contributed by atoms with van der Waals surface area (Å²) in [4.78, 5) is 11.2. The highest BCUT2D eigenvalue weighted by molar-refractivity contribution is 7.98. The summed E-state index contributed by atoms with van der Waals surface area (Å²) in [6.45, 7) is 0.275. The maximum absolute atomic E-state index is 12.6. The Morgan fingerprint density at radius 3 is 2.64 bits per heavy atom. The number of halogens is 2. The van der Waals surface area contributed by atoms with E-state index in [2.05, 4.69) is 5.32 Å². The van der Waals surface area contributed by atoms with Crippen LogP contribution in [0.5, 0.6) is 0 Å². The van der Waals surface area contributed by atoms with Gasteiger partial charge in [0.15, 0.2) is 0 Å². The molecule has 14 heavy (non-hydrogen) atoms. The number of hydrogen-bond donors (Lipinski definition) is 2. The Bertz CT molecular complexity index is 190. The summed E-state index contributed by atoms with van der Waals surface area (Å²) in [6.07, 6.45) is 1.86. The van der Waals surface area contributed by atoms with Crippen molar-refractivity contribution in [2.24, 2.45) is 11.7 Å². The van der Waals surface area contributed by atoms with E-state index in [-0.39, 0.29) is 11.8 Å². The molecule has 0 rings (SSSR count). The van der Waals surface area contributed by atoms with E-state index in [9.17, 15) is 13.6 Å². The molecule has 0 aromatic carbocycles. The second kappa shape index (κ2) is 6.19. The van der Waals surface area contributed by atoms with E-state index in [0.29, 0.717) is 5.75 Å². The minimum atomic E-state index is -3.01. The first-order valence-electron chi connectivity index (χ1n) is 4.27. The molecule has 0 aromatic rings. The van der Waals surface area contributed by atoms with Gasteiger partial charge in [-0.15, -0.1) is 0 Å². The summed E-state index contributed by atoms with van der Waals surface area (Å²) >= 11 is 1.50. The summed E-state index contributed by atoms with van der Waals surface area (Å²) in [5, 5.41) is 2.18.